The third-order valence-electron chi connectivity index (χ3n) is 6.30. The normalized spacial score (nSPS) is 19.0. The summed E-state index contributed by atoms with van der Waals surface area (Å²) in [5.41, 5.74) is 2.69. The van der Waals surface area contributed by atoms with Crippen molar-refractivity contribution in [2.75, 3.05) is 18.0 Å². The van der Waals surface area contributed by atoms with Crippen LogP contribution in [0.15, 0.2) is 46.6 Å². The van der Waals surface area contributed by atoms with Crippen LogP contribution in [0.25, 0.3) is 0 Å². The van der Waals surface area contributed by atoms with E-state index in [4.69, 9.17) is 0 Å². The fourth-order valence-electron chi connectivity index (χ4n) is 4.59. The van der Waals surface area contributed by atoms with E-state index in [9.17, 15) is 14.4 Å². The highest BCUT2D eigenvalue weighted by Crippen LogP contribution is 2.38. The second-order valence-corrected chi connectivity index (χ2v) is 10.1. The molecule has 2 atom stereocenters. The van der Waals surface area contributed by atoms with Crippen molar-refractivity contribution in [3.05, 3.63) is 68.3 Å². The first-order valence-electron chi connectivity index (χ1n) is 11.0. The highest BCUT2D eigenvalue weighted by molar-refractivity contribution is 7.09. The lowest BCUT2D eigenvalue weighted by molar-refractivity contribution is -0.125. The number of carbonyl (C=O) groups excluding carboxylic acids is 3. The molecule has 2 aliphatic rings. The molecule has 0 saturated carbocycles. The fraction of sp³-hybridized carbons (Fsp3) is 0.333. The largest absolute Gasteiger partial charge is 0.370 e. The van der Waals surface area contributed by atoms with E-state index in [0.29, 0.717) is 24.2 Å². The van der Waals surface area contributed by atoms with Gasteiger partial charge in [0.25, 0.3) is 11.8 Å². The van der Waals surface area contributed by atoms with Crippen LogP contribution in [0.3, 0.4) is 0 Å². The van der Waals surface area contributed by atoms with E-state index < -0.39 is 6.04 Å². The zero-order valence-electron chi connectivity index (χ0n) is 18.2. The van der Waals surface area contributed by atoms with Crippen molar-refractivity contribution in [1.29, 1.82) is 0 Å². The molecule has 0 aliphatic carbocycles. The van der Waals surface area contributed by atoms with Crippen molar-refractivity contribution in [3.8, 4) is 0 Å². The van der Waals surface area contributed by atoms with Crippen molar-refractivity contribution < 1.29 is 14.4 Å². The molecule has 2 aromatic heterocycles. The first kappa shape index (κ1) is 21.8. The Bertz CT molecular complexity index is 1180. The van der Waals surface area contributed by atoms with E-state index >= 15 is 0 Å². The Morgan fingerprint density at radius 1 is 1.24 bits per heavy atom. The van der Waals surface area contributed by atoms with E-state index in [1.165, 1.54) is 16.2 Å². The predicted octanol–water partition coefficient (Wildman–Crippen LogP) is 4.09. The summed E-state index contributed by atoms with van der Waals surface area (Å²) >= 11 is 3.04. The summed E-state index contributed by atoms with van der Waals surface area (Å²) < 4.78 is 0. The van der Waals surface area contributed by atoms with Gasteiger partial charge in [-0.25, -0.2) is 4.98 Å². The molecule has 3 amide bonds. The van der Waals surface area contributed by atoms with Crippen molar-refractivity contribution in [3.63, 3.8) is 0 Å². The number of amides is 3. The van der Waals surface area contributed by atoms with Gasteiger partial charge in [0, 0.05) is 31.2 Å². The number of hydrogen-bond acceptors (Lipinski definition) is 7. The van der Waals surface area contributed by atoms with Crippen molar-refractivity contribution >= 4 is 46.1 Å². The smallest absolute Gasteiger partial charge is 0.264 e. The number of benzene rings is 1. The molecule has 170 valence electrons. The van der Waals surface area contributed by atoms with Gasteiger partial charge in [-0.1, -0.05) is 6.07 Å². The Balaban J connectivity index is 1.35. The van der Waals surface area contributed by atoms with E-state index in [-0.39, 0.29) is 23.6 Å². The minimum atomic E-state index is -0.428. The summed E-state index contributed by atoms with van der Waals surface area (Å²) in [6, 6.07) is 6.99. The van der Waals surface area contributed by atoms with Crippen LogP contribution in [0.5, 0.6) is 0 Å². The van der Waals surface area contributed by atoms with Crippen LogP contribution in [-0.4, -0.2) is 40.7 Å². The van der Waals surface area contributed by atoms with Crippen molar-refractivity contribution in [2.24, 2.45) is 5.92 Å². The molecule has 1 N–H and O–H groups in total. The molecule has 0 spiro atoms. The molecule has 0 bridgehead atoms. The Kier molecular flexibility index (Phi) is 5.99. The van der Waals surface area contributed by atoms with Gasteiger partial charge in [-0.05, 0) is 54.3 Å². The summed E-state index contributed by atoms with van der Waals surface area (Å²) in [7, 11) is 0. The summed E-state index contributed by atoms with van der Waals surface area (Å²) in [6.45, 7) is 3.62. The Labute approximate surface area is 200 Å². The number of hydrogen-bond donors (Lipinski definition) is 1. The van der Waals surface area contributed by atoms with E-state index in [1.54, 1.807) is 23.6 Å². The van der Waals surface area contributed by atoms with Crippen LogP contribution in [-0.2, 0) is 11.3 Å². The number of imide groups is 1. The molecule has 7 nitrogen and oxygen atoms in total. The third kappa shape index (κ3) is 4.06. The molecule has 1 aromatic carbocycles. The Morgan fingerprint density at radius 3 is 2.88 bits per heavy atom. The molecular weight excluding hydrogens is 456 g/mol. The lowest BCUT2D eigenvalue weighted by atomic mass is 9.95. The van der Waals surface area contributed by atoms with Gasteiger partial charge in [-0.3, -0.25) is 19.3 Å². The average molecular weight is 481 g/mol. The van der Waals surface area contributed by atoms with Crippen LogP contribution >= 0.6 is 22.7 Å². The SMILES string of the molecule is C[C@H](c1nccs1)N1C(=O)c2cccc(N3CCC[C@H](C(=O)NCc4ccsc4)C3)c2C1=O. The maximum Gasteiger partial charge on any atom is 0.264 e. The van der Waals surface area contributed by atoms with Crippen molar-refractivity contribution in [2.45, 2.75) is 32.4 Å². The minimum absolute atomic E-state index is 0.0277. The van der Waals surface area contributed by atoms with Crippen LogP contribution in [0.2, 0.25) is 0 Å². The quantitative estimate of drug-likeness (QED) is 0.537. The maximum atomic E-state index is 13.4. The van der Waals surface area contributed by atoms with Gasteiger partial charge in [-0.2, -0.15) is 11.3 Å². The summed E-state index contributed by atoms with van der Waals surface area (Å²) in [6.07, 6.45) is 3.33. The maximum absolute atomic E-state index is 13.4. The number of aromatic nitrogens is 1. The average Bonchev–Trinajstić information content (AvgIpc) is 3.60. The Hall–Kier alpha value is -3.04. The zero-order chi connectivity index (χ0) is 22.9. The number of nitrogens with one attached hydrogen (secondary N) is 1. The fourth-order valence-corrected chi connectivity index (χ4v) is 5.94. The number of carbonyl (C=O) groups is 3. The number of fused-ring (bicyclic) bond motifs is 1. The Morgan fingerprint density at radius 2 is 2.12 bits per heavy atom. The first-order valence-corrected chi connectivity index (χ1v) is 12.8. The lowest BCUT2D eigenvalue weighted by Gasteiger charge is -2.34. The van der Waals surface area contributed by atoms with Gasteiger partial charge < -0.3 is 10.2 Å². The molecule has 0 unspecified atom stereocenters. The van der Waals surface area contributed by atoms with Gasteiger partial charge in [0.05, 0.1) is 28.8 Å². The van der Waals surface area contributed by atoms with Gasteiger partial charge >= 0.3 is 0 Å². The molecule has 9 heteroatoms. The van der Waals surface area contributed by atoms with E-state index in [2.05, 4.69) is 15.2 Å². The number of thiophene rings is 1. The summed E-state index contributed by atoms with van der Waals surface area (Å²) in [5, 5.41) is 9.63. The van der Waals surface area contributed by atoms with Crippen LogP contribution < -0.4 is 10.2 Å². The van der Waals surface area contributed by atoms with E-state index in [0.717, 1.165) is 35.6 Å². The highest BCUT2D eigenvalue weighted by atomic mass is 32.1. The molecule has 0 radical (unpaired) electrons. The number of anilines is 1. The summed E-state index contributed by atoms with van der Waals surface area (Å²) in [5.74, 6) is -0.718. The summed E-state index contributed by atoms with van der Waals surface area (Å²) in [4.78, 5) is 47.1. The molecule has 4 heterocycles. The standard InChI is InChI=1S/C24H24N4O3S2/c1-15(22-25-8-11-33-22)28-23(30)18-5-2-6-19(20(18)24(28)31)27-9-3-4-17(13-27)21(29)26-12-16-7-10-32-14-16/h2,5-8,10-11,14-15,17H,3-4,9,12-13H2,1H3,(H,26,29)/t15-,17+/m1/s1. The van der Waals surface area contributed by atoms with Crippen LogP contribution in [0, 0.1) is 5.92 Å². The molecule has 1 fully saturated rings. The van der Waals surface area contributed by atoms with Gasteiger partial charge in [0.1, 0.15) is 5.01 Å². The van der Waals surface area contributed by atoms with Gasteiger partial charge in [-0.15, -0.1) is 11.3 Å². The minimum Gasteiger partial charge on any atom is -0.370 e. The molecule has 33 heavy (non-hydrogen) atoms. The van der Waals surface area contributed by atoms with Gasteiger partial charge in [0.2, 0.25) is 5.91 Å². The molecule has 2 aliphatic heterocycles. The van der Waals surface area contributed by atoms with Crippen LogP contribution in [0.1, 0.15) is 57.1 Å². The number of thiazole rings is 1. The highest BCUT2D eigenvalue weighted by Gasteiger charge is 2.42. The number of rotatable bonds is 6. The second kappa shape index (κ2) is 9.07. The van der Waals surface area contributed by atoms with Crippen molar-refractivity contribution in [1.82, 2.24) is 15.2 Å². The van der Waals surface area contributed by atoms with Gasteiger partial charge in [0.15, 0.2) is 0 Å². The number of nitrogens with zero attached hydrogens (tertiary/aromatic N) is 3. The third-order valence-corrected chi connectivity index (χ3v) is 7.98. The topological polar surface area (TPSA) is 82.6 Å². The molecule has 5 rings (SSSR count). The molecule has 1 saturated heterocycles. The molecule has 3 aromatic rings. The predicted molar refractivity (Wildman–Crippen MR) is 129 cm³/mol. The second-order valence-electron chi connectivity index (χ2n) is 8.36. The monoisotopic (exact) mass is 480 g/mol. The lowest BCUT2D eigenvalue weighted by Crippen LogP contribution is -2.43. The molecular formula is C24H24N4O3S2. The first-order chi connectivity index (χ1) is 16.0. The van der Waals surface area contributed by atoms with Crippen LogP contribution in [0.4, 0.5) is 5.69 Å². The van der Waals surface area contributed by atoms with E-state index in [1.807, 2.05) is 41.3 Å². The zero-order valence-corrected chi connectivity index (χ0v) is 19.8. The number of piperidine rings is 1.